The first-order valence-electron chi connectivity index (χ1n) is 6.27. The molecule has 1 unspecified atom stereocenters. The lowest BCUT2D eigenvalue weighted by Gasteiger charge is -2.14. The Kier molecular flexibility index (Phi) is 2.91. The summed E-state index contributed by atoms with van der Waals surface area (Å²) in [7, 11) is 0. The van der Waals surface area contributed by atoms with Gasteiger partial charge in [0.15, 0.2) is 0 Å². The number of hydrogen-bond acceptors (Lipinski definition) is 3. The lowest BCUT2D eigenvalue weighted by atomic mass is 10.1. The molecular formula is C13H16FN3O. The summed E-state index contributed by atoms with van der Waals surface area (Å²) in [4.78, 5) is 9.79. The predicted molar refractivity (Wildman–Crippen MR) is 68.1 cm³/mol. The number of hydrogen-bond donors (Lipinski definition) is 2. The molecule has 0 amide bonds. The summed E-state index contributed by atoms with van der Waals surface area (Å²) in [6.45, 7) is 2.08. The summed E-state index contributed by atoms with van der Waals surface area (Å²) in [5.74, 6) is 1.08. The number of nitrogens with zero attached hydrogens (tertiary/aromatic N) is 2. The molecule has 2 aromatic rings. The highest BCUT2D eigenvalue weighted by molar-refractivity contribution is 5.77. The molecule has 2 heterocycles. The number of halogens is 1. The number of aliphatic hydroxyl groups excluding tert-OH is 1. The van der Waals surface area contributed by atoms with Gasteiger partial charge in [-0.05, 0) is 37.0 Å². The molecule has 0 radical (unpaired) electrons. The van der Waals surface area contributed by atoms with Crippen LogP contribution in [0.3, 0.4) is 0 Å². The summed E-state index contributed by atoms with van der Waals surface area (Å²) in [6.07, 6.45) is 1.91. The van der Waals surface area contributed by atoms with Gasteiger partial charge in [0.1, 0.15) is 5.82 Å². The van der Waals surface area contributed by atoms with Crippen LogP contribution in [0.1, 0.15) is 12.8 Å². The van der Waals surface area contributed by atoms with E-state index in [1.54, 1.807) is 6.07 Å². The number of H-pyrrole nitrogens is 1. The summed E-state index contributed by atoms with van der Waals surface area (Å²) in [6, 6.07) is 4.57. The molecule has 0 saturated carbocycles. The first-order chi connectivity index (χ1) is 8.76. The van der Waals surface area contributed by atoms with E-state index in [9.17, 15) is 4.39 Å². The minimum absolute atomic E-state index is 0.240. The first-order valence-corrected chi connectivity index (χ1v) is 6.27. The number of imidazole rings is 1. The molecule has 1 saturated heterocycles. The maximum Gasteiger partial charge on any atom is 0.203 e. The second kappa shape index (κ2) is 4.57. The van der Waals surface area contributed by atoms with Gasteiger partial charge in [0, 0.05) is 19.7 Å². The number of rotatable bonds is 3. The molecule has 0 bridgehead atoms. The molecule has 1 aliphatic heterocycles. The van der Waals surface area contributed by atoms with Crippen LogP contribution < -0.4 is 4.90 Å². The molecule has 1 aromatic carbocycles. The van der Waals surface area contributed by atoms with Crippen LogP contribution in [0.4, 0.5) is 10.3 Å². The summed E-state index contributed by atoms with van der Waals surface area (Å²) in [5, 5.41) is 8.94. The molecule has 1 atom stereocenters. The van der Waals surface area contributed by atoms with Crippen LogP contribution in [0.2, 0.25) is 0 Å². The molecule has 3 rings (SSSR count). The highest BCUT2D eigenvalue weighted by Crippen LogP contribution is 2.25. The quantitative estimate of drug-likeness (QED) is 0.873. The fraction of sp³-hybridized carbons (Fsp3) is 0.462. The maximum absolute atomic E-state index is 13.1. The summed E-state index contributed by atoms with van der Waals surface area (Å²) < 4.78 is 13.1. The fourth-order valence-electron chi connectivity index (χ4n) is 2.56. The van der Waals surface area contributed by atoms with Crippen molar-refractivity contribution in [2.75, 3.05) is 24.6 Å². The SMILES string of the molecule is OCCC1CCN(c2nc3ccc(F)cc3[nH]2)C1. The Labute approximate surface area is 104 Å². The van der Waals surface area contributed by atoms with Gasteiger partial charge in [-0.2, -0.15) is 0 Å². The number of benzene rings is 1. The Balaban J connectivity index is 1.82. The minimum atomic E-state index is -0.253. The van der Waals surface area contributed by atoms with E-state index < -0.39 is 0 Å². The van der Waals surface area contributed by atoms with E-state index in [0.717, 1.165) is 42.9 Å². The van der Waals surface area contributed by atoms with Crippen molar-refractivity contribution in [3.8, 4) is 0 Å². The Morgan fingerprint density at radius 3 is 3.22 bits per heavy atom. The van der Waals surface area contributed by atoms with Gasteiger partial charge < -0.3 is 15.0 Å². The first kappa shape index (κ1) is 11.5. The highest BCUT2D eigenvalue weighted by Gasteiger charge is 2.24. The third-order valence-corrected chi connectivity index (χ3v) is 3.55. The topological polar surface area (TPSA) is 52.1 Å². The van der Waals surface area contributed by atoms with Crippen LogP contribution in [0.25, 0.3) is 11.0 Å². The van der Waals surface area contributed by atoms with E-state index in [1.165, 1.54) is 12.1 Å². The molecule has 1 aliphatic rings. The average molecular weight is 249 g/mol. The van der Waals surface area contributed by atoms with Crippen molar-refractivity contribution in [1.29, 1.82) is 0 Å². The molecule has 2 N–H and O–H groups in total. The van der Waals surface area contributed by atoms with Crippen molar-refractivity contribution < 1.29 is 9.50 Å². The predicted octanol–water partition coefficient (Wildman–Crippen LogP) is 1.91. The Morgan fingerprint density at radius 1 is 1.50 bits per heavy atom. The third kappa shape index (κ3) is 2.06. The van der Waals surface area contributed by atoms with Gasteiger partial charge in [-0.3, -0.25) is 0 Å². The Hall–Kier alpha value is -1.62. The summed E-state index contributed by atoms with van der Waals surface area (Å²) >= 11 is 0. The lowest BCUT2D eigenvalue weighted by Crippen LogP contribution is -2.21. The van der Waals surface area contributed by atoms with Crippen molar-refractivity contribution in [1.82, 2.24) is 9.97 Å². The van der Waals surface area contributed by atoms with Crippen molar-refractivity contribution in [3.05, 3.63) is 24.0 Å². The third-order valence-electron chi connectivity index (χ3n) is 3.55. The standard InChI is InChI=1S/C13H16FN3O/c14-10-1-2-11-12(7-10)16-13(15-11)17-5-3-9(8-17)4-6-18/h1-2,7,9,18H,3-6,8H2,(H,15,16). The van der Waals surface area contributed by atoms with Crippen molar-refractivity contribution >= 4 is 17.0 Å². The molecular weight excluding hydrogens is 233 g/mol. The Bertz CT molecular complexity index is 554. The van der Waals surface area contributed by atoms with E-state index >= 15 is 0 Å². The number of aliphatic hydroxyl groups is 1. The van der Waals surface area contributed by atoms with Gasteiger partial charge in [-0.15, -0.1) is 0 Å². The molecule has 96 valence electrons. The van der Waals surface area contributed by atoms with Gasteiger partial charge in [-0.25, -0.2) is 9.37 Å². The number of fused-ring (bicyclic) bond motifs is 1. The molecule has 0 aliphatic carbocycles. The van der Waals surface area contributed by atoms with E-state index in [1.807, 2.05) is 0 Å². The highest BCUT2D eigenvalue weighted by atomic mass is 19.1. The van der Waals surface area contributed by atoms with E-state index in [0.29, 0.717) is 5.92 Å². The molecule has 0 spiro atoms. The van der Waals surface area contributed by atoms with E-state index in [-0.39, 0.29) is 12.4 Å². The van der Waals surface area contributed by atoms with E-state index in [4.69, 9.17) is 5.11 Å². The smallest absolute Gasteiger partial charge is 0.203 e. The number of anilines is 1. The van der Waals surface area contributed by atoms with Crippen molar-refractivity contribution in [2.24, 2.45) is 5.92 Å². The zero-order chi connectivity index (χ0) is 12.5. The monoisotopic (exact) mass is 249 g/mol. The molecule has 4 nitrogen and oxygen atoms in total. The van der Waals surface area contributed by atoms with Crippen LogP contribution in [0.15, 0.2) is 18.2 Å². The van der Waals surface area contributed by atoms with Gasteiger partial charge >= 0.3 is 0 Å². The number of aromatic nitrogens is 2. The average Bonchev–Trinajstić information content (AvgIpc) is 2.94. The molecule has 1 fully saturated rings. The Morgan fingerprint density at radius 2 is 2.39 bits per heavy atom. The van der Waals surface area contributed by atoms with Gasteiger partial charge in [0.05, 0.1) is 11.0 Å². The van der Waals surface area contributed by atoms with Gasteiger partial charge in [0.25, 0.3) is 0 Å². The van der Waals surface area contributed by atoms with Crippen LogP contribution in [0, 0.1) is 11.7 Å². The minimum Gasteiger partial charge on any atom is -0.396 e. The maximum atomic E-state index is 13.1. The second-order valence-corrected chi connectivity index (χ2v) is 4.83. The molecule has 1 aromatic heterocycles. The van der Waals surface area contributed by atoms with E-state index in [2.05, 4.69) is 14.9 Å². The molecule has 5 heteroatoms. The fourth-order valence-corrected chi connectivity index (χ4v) is 2.56. The van der Waals surface area contributed by atoms with Crippen molar-refractivity contribution in [3.63, 3.8) is 0 Å². The number of aromatic amines is 1. The molecule has 18 heavy (non-hydrogen) atoms. The summed E-state index contributed by atoms with van der Waals surface area (Å²) in [5.41, 5.74) is 1.52. The van der Waals surface area contributed by atoms with Crippen molar-refractivity contribution in [2.45, 2.75) is 12.8 Å². The van der Waals surface area contributed by atoms with Crippen LogP contribution in [-0.2, 0) is 0 Å². The zero-order valence-corrected chi connectivity index (χ0v) is 10.1. The van der Waals surface area contributed by atoms with Crippen LogP contribution >= 0.6 is 0 Å². The lowest BCUT2D eigenvalue weighted by molar-refractivity contribution is 0.263. The van der Waals surface area contributed by atoms with Crippen LogP contribution in [-0.4, -0.2) is 34.8 Å². The largest absolute Gasteiger partial charge is 0.396 e. The zero-order valence-electron chi connectivity index (χ0n) is 10.1. The van der Waals surface area contributed by atoms with Gasteiger partial charge in [-0.1, -0.05) is 0 Å². The normalized spacial score (nSPS) is 19.9. The van der Waals surface area contributed by atoms with Gasteiger partial charge in [0.2, 0.25) is 5.95 Å². The van der Waals surface area contributed by atoms with Crippen LogP contribution in [0.5, 0.6) is 0 Å². The number of nitrogens with one attached hydrogen (secondary N) is 1. The second-order valence-electron chi connectivity index (χ2n) is 4.83.